The van der Waals surface area contributed by atoms with Gasteiger partial charge in [-0.2, -0.15) is 0 Å². The van der Waals surface area contributed by atoms with Gasteiger partial charge in [-0.15, -0.1) is 0 Å². The van der Waals surface area contributed by atoms with E-state index in [-0.39, 0.29) is 12.5 Å². The molecule has 1 aromatic heterocycles. The van der Waals surface area contributed by atoms with Crippen LogP contribution in [-0.4, -0.2) is 32.4 Å². The lowest BCUT2D eigenvalue weighted by atomic mass is 10.2. The Bertz CT molecular complexity index is 413. The fourth-order valence-corrected chi connectivity index (χ4v) is 2.96. The van der Waals surface area contributed by atoms with E-state index in [1.165, 1.54) is 24.6 Å². The summed E-state index contributed by atoms with van der Waals surface area (Å²) in [6.45, 7) is -0.0294. The Hall–Kier alpha value is -1.01. The molecule has 100 valence electrons. The van der Waals surface area contributed by atoms with Gasteiger partial charge in [-0.1, -0.05) is 24.6 Å². The fraction of sp³-hybridized carbons (Fsp3) is 0.667. The molecule has 0 saturated heterocycles. The summed E-state index contributed by atoms with van der Waals surface area (Å²) in [6.07, 6.45) is 6.28. The van der Waals surface area contributed by atoms with Crippen molar-refractivity contribution < 1.29 is 9.90 Å². The molecule has 1 amide bonds. The van der Waals surface area contributed by atoms with Gasteiger partial charge in [0, 0.05) is 13.1 Å². The molecule has 1 aliphatic carbocycles. The van der Waals surface area contributed by atoms with Gasteiger partial charge in [-0.3, -0.25) is 4.79 Å². The van der Waals surface area contributed by atoms with Crippen molar-refractivity contribution in [2.24, 2.45) is 7.05 Å². The van der Waals surface area contributed by atoms with Crippen LogP contribution in [0, 0.1) is 0 Å². The molecule has 0 spiro atoms. The smallest absolute Gasteiger partial charge is 0.230 e. The normalized spacial score (nSPS) is 16.1. The van der Waals surface area contributed by atoms with Crippen molar-refractivity contribution in [3.05, 3.63) is 11.9 Å². The minimum Gasteiger partial charge on any atom is -0.390 e. The number of rotatable bonds is 5. The number of aliphatic hydroxyl groups is 1. The van der Waals surface area contributed by atoms with Gasteiger partial charge in [0.2, 0.25) is 5.91 Å². The number of aromatic nitrogens is 2. The van der Waals surface area contributed by atoms with Crippen LogP contribution in [-0.2, 0) is 18.4 Å². The van der Waals surface area contributed by atoms with E-state index in [9.17, 15) is 4.79 Å². The summed E-state index contributed by atoms with van der Waals surface area (Å²) in [6, 6.07) is 0.368. The average molecular weight is 269 g/mol. The lowest BCUT2D eigenvalue weighted by Gasteiger charge is -2.11. The Balaban J connectivity index is 1.79. The molecule has 0 aliphatic heterocycles. The number of amides is 1. The predicted molar refractivity (Wildman–Crippen MR) is 70.3 cm³/mol. The van der Waals surface area contributed by atoms with Gasteiger partial charge in [0.1, 0.15) is 0 Å². The number of imidazole rings is 1. The molecule has 6 heteroatoms. The molecule has 2 rings (SSSR count). The summed E-state index contributed by atoms with van der Waals surface area (Å²) in [5.41, 5.74) is 0.758. The molecule has 0 aromatic carbocycles. The summed E-state index contributed by atoms with van der Waals surface area (Å²) >= 11 is 1.40. The molecule has 1 fully saturated rings. The average Bonchev–Trinajstić information content (AvgIpc) is 2.97. The van der Waals surface area contributed by atoms with Crippen LogP contribution in [0.15, 0.2) is 11.4 Å². The summed E-state index contributed by atoms with van der Waals surface area (Å²) in [5.74, 6) is 0.451. The van der Waals surface area contributed by atoms with Gasteiger partial charge < -0.3 is 15.0 Å². The van der Waals surface area contributed by atoms with Crippen molar-refractivity contribution in [1.29, 1.82) is 0 Å². The number of thioether (sulfide) groups is 1. The van der Waals surface area contributed by atoms with Crippen molar-refractivity contribution in [3.63, 3.8) is 0 Å². The van der Waals surface area contributed by atoms with Crippen LogP contribution in [0.1, 0.15) is 31.4 Å². The summed E-state index contributed by atoms with van der Waals surface area (Å²) < 4.78 is 1.81. The van der Waals surface area contributed by atoms with Crippen LogP contribution in [0.4, 0.5) is 0 Å². The second kappa shape index (κ2) is 6.24. The summed E-state index contributed by atoms with van der Waals surface area (Å²) in [7, 11) is 1.84. The van der Waals surface area contributed by atoms with E-state index >= 15 is 0 Å². The fourth-order valence-electron chi connectivity index (χ4n) is 2.18. The largest absolute Gasteiger partial charge is 0.390 e. The second-order valence-electron chi connectivity index (χ2n) is 4.59. The molecule has 2 N–H and O–H groups in total. The Morgan fingerprint density at radius 2 is 2.33 bits per heavy atom. The quantitative estimate of drug-likeness (QED) is 0.785. The molecular weight excluding hydrogens is 250 g/mol. The third-order valence-electron chi connectivity index (χ3n) is 3.26. The van der Waals surface area contributed by atoms with Gasteiger partial charge in [-0.25, -0.2) is 4.98 Å². The van der Waals surface area contributed by atoms with Crippen LogP contribution in [0.5, 0.6) is 0 Å². The number of nitrogens with one attached hydrogen (secondary N) is 1. The second-order valence-corrected chi connectivity index (χ2v) is 5.53. The van der Waals surface area contributed by atoms with Crippen LogP contribution in [0.3, 0.4) is 0 Å². The van der Waals surface area contributed by atoms with Crippen molar-refractivity contribution in [2.75, 3.05) is 5.75 Å². The molecule has 1 aliphatic rings. The highest BCUT2D eigenvalue weighted by Crippen LogP contribution is 2.19. The Morgan fingerprint density at radius 1 is 1.61 bits per heavy atom. The molecule has 1 saturated carbocycles. The highest BCUT2D eigenvalue weighted by molar-refractivity contribution is 7.99. The number of nitrogens with zero attached hydrogens (tertiary/aromatic N) is 2. The van der Waals surface area contributed by atoms with Crippen molar-refractivity contribution in [2.45, 2.75) is 43.5 Å². The summed E-state index contributed by atoms with van der Waals surface area (Å²) in [4.78, 5) is 15.9. The standard InChI is InChI=1S/C12H19N3O2S/c1-15-10(7-16)6-13-12(15)18-8-11(17)14-9-4-2-3-5-9/h6,9,16H,2-5,7-8H2,1H3,(H,14,17). The number of hydrogen-bond donors (Lipinski definition) is 2. The minimum atomic E-state index is -0.0294. The maximum atomic E-state index is 11.7. The zero-order chi connectivity index (χ0) is 13.0. The van der Waals surface area contributed by atoms with Crippen molar-refractivity contribution in [3.8, 4) is 0 Å². The first-order chi connectivity index (χ1) is 8.70. The first-order valence-corrected chi connectivity index (χ1v) is 7.23. The first-order valence-electron chi connectivity index (χ1n) is 6.24. The molecule has 1 aromatic rings. The lowest BCUT2D eigenvalue weighted by Crippen LogP contribution is -2.33. The van der Waals surface area contributed by atoms with Gasteiger partial charge >= 0.3 is 0 Å². The monoisotopic (exact) mass is 269 g/mol. The van der Waals surface area contributed by atoms with E-state index < -0.39 is 0 Å². The third-order valence-corrected chi connectivity index (χ3v) is 4.30. The molecule has 5 nitrogen and oxygen atoms in total. The zero-order valence-electron chi connectivity index (χ0n) is 10.6. The van der Waals surface area contributed by atoms with E-state index in [0.717, 1.165) is 23.7 Å². The predicted octanol–water partition coefficient (Wildman–Crippen LogP) is 1.06. The topological polar surface area (TPSA) is 67.1 Å². The molecule has 0 atom stereocenters. The molecular formula is C12H19N3O2S. The maximum absolute atomic E-state index is 11.7. The van der Waals surface area contributed by atoms with E-state index in [1.807, 2.05) is 11.6 Å². The maximum Gasteiger partial charge on any atom is 0.230 e. The SMILES string of the molecule is Cn1c(CO)cnc1SCC(=O)NC1CCCC1. The van der Waals surface area contributed by atoms with E-state index in [0.29, 0.717) is 11.8 Å². The molecule has 18 heavy (non-hydrogen) atoms. The lowest BCUT2D eigenvalue weighted by molar-refractivity contribution is -0.119. The van der Waals surface area contributed by atoms with Crippen molar-refractivity contribution in [1.82, 2.24) is 14.9 Å². The number of aliphatic hydroxyl groups excluding tert-OH is 1. The van der Waals surface area contributed by atoms with E-state index in [4.69, 9.17) is 5.11 Å². The number of carbonyl (C=O) groups excluding carboxylic acids is 1. The van der Waals surface area contributed by atoms with Gasteiger partial charge in [0.05, 0.1) is 24.3 Å². The minimum absolute atomic E-state index is 0.0294. The van der Waals surface area contributed by atoms with Gasteiger partial charge in [-0.05, 0) is 12.8 Å². The Morgan fingerprint density at radius 3 is 2.94 bits per heavy atom. The Kier molecular flexibility index (Phi) is 4.66. The van der Waals surface area contributed by atoms with Crippen LogP contribution >= 0.6 is 11.8 Å². The summed E-state index contributed by atoms with van der Waals surface area (Å²) in [5, 5.41) is 12.9. The zero-order valence-corrected chi connectivity index (χ0v) is 11.4. The first kappa shape index (κ1) is 13.4. The number of hydrogen-bond acceptors (Lipinski definition) is 4. The third kappa shape index (κ3) is 3.26. The van der Waals surface area contributed by atoms with Crippen LogP contribution in [0.25, 0.3) is 0 Å². The van der Waals surface area contributed by atoms with Gasteiger partial charge in [0.15, 0.2) is 5.16 Å². The molecule has 0 radical (unpaired) electrons. The Labute approximate surface area is 111 Å². The highest BCUT2D eigenvalue weighted by Gasteiger charge is 2.17. The number of carbonyl (C=O) groups is 1. The van der Waals surface area contributed by atoms with E-state index in [2.05, 4.69) is 10.3 Å². The van der Waals surface area contributed by atoms with Crippen LogP contribution < -0.4 is 5.32 Å². The molecule has 0 unspecified atom stereocenters. The van der Waals surface area contributed by atoms with Gasteiger partial charge in [0.25, 0.3) is 0 Å². The molecule has 1 heterocycles. The van der Waals surface area contributed by atoms with E-state index in [1.54, 1.807) is 6.20 Å². The highest BCUT2D eigenvalue weighted by atomic mass is 32.2. The van der Waals surface area contributed by atoms with Crippen molar-refractivity contribution >= 4 is 17.7 Å². The van der Waals surface area contributed by atoms with Crippen LogP contribution in [0.2, 0.25) is 0 Å². The molecule has 0 bridgehead atoms.